The van der Waals surface area contributed by atoms with Gasteiger partial charge in [0, 0.05) is 18.2 Å². The number of hydrogen-bond acceptors (Lipinski definition) is 4. The number of fused-ring (bicyclic) bond motifs is 1. The zero-order valence-electron chi connectivity index (χ0n) is 17.5. The normalized spacial score (nSPS) is 17.1. The fourth-order valence-electron chi connectivity index (χ4n) is 4.73. The quantitative estimate of drug-likeness (QED) is 0.659. The number of carbonyl (C=O) groups excluding carboxylic acids is 1. The summed E-state index contributed by atoms with van der Waals surface area (Å²) in [5.41, 5.74) is 4.65. The molecule has 1 aliphatic carbocycles. The number of carbonyl (C=O) groups is 1. The summed E-state index contributed by atoms with van der Waals surface area (Å²) in [6.07, 6.45) is 6.53. The van der Waals surface area contributed by atoms with Gasteiger partial charge in [0.2, 0.25) is 5.91 Å². The highest BCUT2D eigenvalue weighted by molar-refractivity contribution is 5.78. The van der Waals surface area contributed by atoms with E-state index >= 15 is 0 Å². The first-order chi connectivity index (χ1) is 15.2. The second-order valence-corrected chi connectivity index (χ2v) is 8.46. The zero-order chi connectivity index (χ0) is 21.2. The largest absolute Gasteiger partial charge is 0.467 e. The Morgan fingerprint density at radius 1 is 1.16 bits per heavy atom. The molecule has 0 spiro atoms. The number of piperidine rings is 1. The molecule has 0 atom stereocenters. The summed E-state index contributed by atoms with van der Waals surface area (Å²) in [6.45, 7) is 3.02. The van der Waals surface area contributed by atoms with E-state index in [-0.39, 0.29) is 17.6 Å². The standard InChI is InChI=1S/C24H27FN4O2/c25-18-6-8-19(9-7-18)29-23-5-1-4-21(23)22(27-29)16-28-12-10-17(11-13-28)24(30)26-15-20-3-2-14-31-20/h2-3,6-9,14,17H,1,4-5,10-13,15-16H2,(H,26,30). The van der Waals surface area contributed by atoms with Gasteiger partial charge in [0.15, 0.2) is 0 Å². The number of hydrogen-bond donors (Lipinski definition) is 1. The molecule has 2 aromatic heterocycles. The molecule has 3 aromatic rings. The van der Waals surface area contributed by atoms with Crippen molar-refractivity contribution in [2.45, 2.75) is 45.2 Å². The van der Waals surface area contributed by atoms with E-state index < -0.39 is 0 Å². The Bertz CT molecular complexity index is 1030. The molecule has 2 aliphatic rings. The van der Waals surface area contributed by atoms with Crippen LogP contribution in [0.15, 0.2) is 47.1 Å². The predicted molar refractivity (Wildman–Crippen MR) is 114 cm³/mol. The summed E-state index contributed by atoms with van der Waals surface area (Å²) < 4.78 is 20.6. The van der Waals surface area contributed by atoms with Gasteiger partial charge in [-0.1, -0.05) is 0 Å². The Hall–Kier alpha value is -2.93. The third-order valence-electron chi connectivity index (χ3n) is 6.43. The molecule has 0 saturated carbocycles. The van der Waals surface area contributed by atoms with Gasteiger partial charge in [-0.25, -0.2) is 9.07 Å². The van der Waals surface area contributed by atoms with E-state index in [1.807, 2.05) is 16.8 Å². The van der Waals surface area contributed by atoms with Crippen molar-refractivity contribution < 1.29 is 13.6 Å². The first-order valence-corrected chi connectivity index (χ1v) is 11.1. The molecule has 1 amide bonds. The Labute approximate surface area is 181 Å². The Kier molecular flexibility index (Phi) is 5.59. The number of aromatic nitrogens is 2. The van der Waals surface area contributed by atoms with Crippen LogP contribution in [0.25, 0.3) is 5.69 Å². The number of benzene rings is 1. The molecular formula is C24H27FN4O2. The minimum absolute atomic E-state index is 0.0497. The average Bonchev–Trinajstić information content (AvgIpc) is 3.53. The SMILES string of the molecule is O=C(NCc1ccco1)C1CCN(Cc2nn(-c3ccc(F)cc3)c3c2CCC3)CC1. The van der Waals surface area contributed by atoms with E-state index in [4.69, 9.17) is 9.52 Å². The van der Waals surface area contributed by atoms with Crippen LogP contribution in [0.4, 0.5) is 4.39 Å². The third kappa shape index (κ3) is 4.28. The molecule has 0 radical (unpaired) electrons. The highest BCUT2D eigenvalue weighted by Gasteiger charge is 2.28. The van der Waals surface area contributed by atoms with E-state index in [9.17, 15) is 9.18 Å². The van der Waals surface area contributed by atoms with E-state index in [2.05, 4.69) is 10.2 Å². The minimum Gasteiger partial charge on any atom is -0.467 e. The minimum atomic E-state index is -0.233. The summed E-state index contributed by atoms with van der Waals surface area (Å²) in [6, 6.07) is 10.2. The average molecular weight is 423 g/mol. The molecule has 0 unspecified atom stereocenters. The molecule has 1 aliphatic heterocycles. The second kappa shape index (κ2) is 8.67. The third-order valence-corrected chi connectivity index (χ3v) is 6.43. The number of halogens is 1. The Morgan fingerprint density at radius 3 is 2.71 bits per heavy atom. The van der Waals surface area contributed by atoms with Crippen molar-refractivity contribution in [2.75, 3.05) is 13.1 Å². The van der Waals surface area contributed by atoms with E-state index in [0.29, 0.717) is 6.54 Å². The second-order valence-electron chi connectivity index (χ2n) is 8.46. The molecule has 1 N–H and O–H groups in total. The van der Waals surface area contributed by atoms with Crippen LogP contribution in [0.3, 0.4) is 0 Å². The maximum absolute atomic E-state index is 13.3. The lowest BCUT2D eigenvalue weighted by Crippen LogP contribution is -2.40. The lowest BCUT2D eigenvalue weighted by molar-refractivity contribution is -0.126. The van der Waals surface area contributed by atoms with Crippen LogP contribution >= 0.6 is 0 Å². The number of nitrogens with one attached hydrogen (secondary N) is 1. The van der Waals surface area contributed by atoms with Crippen molar-refractivity contribution in [3.63, 3.8) is 0 Å². The zero-order valence-corrected chi connectivity index (χ0v) is 17.5. The Balaban J connectivity index is 1.20. The number of amides is 1. The van der Waals surface area contributed by atoms with Crippen molar-refractivity contribution in [3.8, 4) is 5.69 Å². The van der Waals surface area contributed by atoms with Crippen LogP contribution in [0.5, 0.6) is 0 Å². The first kappa shape index (κ1) is 20.0. The molecule has 3 heterocycles. The fourth-order valence-corrected chi connectivity index (χ4v) is 4.73. The first-order valence-electron chi connectivity index (χ1n) is 11.1. The Morgan fingerprint density at radius 2 is 1.97 bits per heavy atom. The fraction of sp³-hybridized carbons (Fsp3) is 0.417. The predicted octanol–water partition coefficient (Wildman–Crippen LogP) is 3.62. The van der Waals surface area contributed by atoms with Gasteiger partial charge in [-0.05, 0) is 87.2 Å². The summed E-state index contributed by atoms with van der Waals surface area (Å²) >= 11 is 0. The summed E-state index contributed by atoms with van der Waals surface area (Å²) in [5, 5.41) is 7.89. The van der Waals surface area contributed by atoms with E-state index in [0.717, 1.165) is 68.9 Å². The molecular weight excluding hydrogens is 395 g/mol. The van der Waals surface area contributed by atoms with Crippen LogP contribution in [0.2, 0.25) is 0 Å². The van der Waals surface area contributed by atoms with Crippen molar-refractivity contribution in [1.29, 1.82) is 0 Å². The van der Waals surface area contributed by atoms with Gasteiger partial charge in [0.1, 0.15) is 11.6 Å². The lowest BCUT2D eigenvalue weighted by atomic mass is 9.95. The van der Waals surface area contributed by atoms with Crippen LogP contribution in [0.1, 0.15) is 42.0 Å². The van der Waals surface area contributed by atoms with Gasteiger partial charge in [0.05, 0.1) is 24.2 Å². The highest BCUT2D eigenvalue weighted by Crippen LogP contribution is 2.29. The number of nitrogens with zero attached hydrogens (tertiary/aromatic N) is 3. The van der Waals surface area contributed by atoms with Gasteiger partial charge >= 0.3 is 0 Å². The van der Waals surface area contributed by atoms with Crippen LogP contribution in [-0.4, -0.2) is 33.7 Å². The van der Waals surface area contributed by atoms with E-state index in [1.165, 1.54) is 23.4 Å². The van der Waals surface area contributed by atoms with Crippen LogP contribution in [0, 0.1) is 11.7 Å². The van der Waals surface area contributed by atoms with Gasteiger partial charge in [-0.3, -0.25) is 9.69 Å². The molecule has 5 rings (SSSR count). The summed E-state index contributed by atoms with van der Waals surface area (Å²) in [5.74, 6) is 0.700. The molecule has 162 valence electrons. The van der Waals surface area contributed by atoms with Crippen molar-refractivity contribution in [3.05, 3.63) is 71.2 Å². The molecule has 1 fully saturated rings. The maximum Gasteiger partial charge on any atom is 0.223 e. The van der Waals surface area contributed by atoms with Crippen molar-refractivity contribution in [1.82, 2.24) is 20.0 Å². The number of furan rings is 1. The molecule has 0 bridgehead atoms. The van der Waals surface area contributed by atoms with Gasteiger partial charge < -0.3 is 9.73 Å². The van der Waals surface area contributed by atoms with Gasteiger partial charge in [0.25, 0.3) is 0 Å². The molecule has 1 saturated heterocycles. The topological polar surface area (TPSA) is 63.3 Å². The summed E-state index contributed by atoms with van der Waals surface area (Å²) in [4.78, 5) is 14.9. The highest BCUT2D eigenvalue weighted by atomic mass is 19.1. The molecule has 1 aromatic carbocycles. The molecule has 6 nitrogen and oxygen atoms in total. The van der Waals surface area contributed by atoms with Crippen molar-refractivity contribution in [2.24, 2.45) is 5.92 Å². The lowest BCUT2D eigenvalue weighted by Gasteiger charge is -2.30. The monoisotopic (exact) mass is 422 g/mol. The smallest absolute Gasteiger partial charge is 0.223 e. The summed E-state index contributed by atoms with van der Waals surface area (Å²) in [7, 11) is 0. The molecule has 31 heavy (non-hydrogen) atoms. The van der Waals surface area contributed by atoms with Crippen LogP contribution < -0.4 is 5.32 Å². The van der Waals surface area contributed by atoms with E-state index in [1.54, 1.807) is 18.4 Å². The number of likely N-dealkylation sites (tertiary alicyclic amines) is 1. The van der Waals surface area contributed by atoms with Gasteiger partial charge in [-0.2, -0.15) is 5.10 Å². The maximum atomic E-state index is 13.3. The van der Waals surface area contributed by atoms with Crippen molar-refractivity contribution >= 4 is 5.91 Å². The number of rotatable bonds is 6. The van der Waals surface area contributed by atoms with Gasteiger partial charge in [-0.15, -0.1) is 0 Å². The molecule has 7 heteroatoms. The van der Waals surface area contributed by atoms with Crippen LogP contribution in [-0.2, 0) is 30.7 Å².